The first-order chi connectivity index (χ1) is 8.11. The van der Waals surface area contributed by atoms with Crippen LogP contribution in [-0.2, 0) is 14.4 Å². The van der Waals surface area contributed by atoms with Crippen molar-refractivity contribution in [2.75, 3.05) is 13.1 Å². The van der Waals surface area contributed by atoms with E-state index in [0.29, 0.717) is 0 Å². The molecule has 0 bridgehead atoms. The molecule has 0 aliphatic rings. The first-order valence-electron chi connectivity index (χ1n) is 5.27. The quantitative estimate of drug-likeness (QED) is 0.365. The van der Waals surface area contributed by atoms with Gasteiger partial charge in [-0.15, -0.1) is 0 Å². The van der Waals surface area contributed by atoms with Crippen LogP contribution < -0.4 is 21.7 Å². The Morgan fingerprint density at radius 1 is 1.06 bits per heavy atom. The summed E-state index contributed by atoms with van der Waals surface area (Å²) in [6.45, 7) is 5.09. The van der Waals surface area contributed by atoms with Crippen molar-refractivity contribution in [3.05, 3.63) is 0 Å². The Morgan fingerprint density at radius 3 is 1.89 bits per heavy atom. The van der Waals surface area contributed by atoms with E-state index in [1.807, 2.05) is 20.8 Å². The van der Waals surface area contributed by atoms with Crippen LogP contribution in [0.2, 0.25) is 0 Å². The molecule has 0 aromatic carbocycles. The van der Waals surface area contributed by atoms with Crippen LogP contribution in [-0.4, -0.2) is 41.3 Å². The van der Waals surface area contributed by atoms with Crippen LogP contribution in [0.15, 0.2) is 0 Å². The number of nitrogens with two attached hydrogens (primary N) is 1. The van der Waals surface area contributed by atoms with Gasteiger partial charge in [-0.05, 0) is 20.8 Å². The second-order valence-electron chi connectivity index (χ2n) is 4.63. The third-order valence-electron chi connectivity index (χ3n) is 1.55. The Balaban J connectivity index is 3.99. The van der Waals surface area contributed by atoms with Gasteiger partial charge >= 0.3 is 11.8 Å². The molecule has 0 aromatic rings. The number of carbonyl (C=O) groups excluding carboxylic acids is 3. The van der Waals surface area contributed by atoms with Gasteiger partial charge in [0.25, 0.3) is 0 Å². The van der Waals surface area contributed by atoms with Gasteiger partial charge in [-0.1, -0.05) is 12.2 Å². The fourth-order valence-corrected chi connectivity index (χ4v) is 1.02. The summed E-state index contributed by atoms with van der Waals surface area (Å²) in [7, 11) is 0. The summed E-state index contributed by atoms with van der Waals surface area (Å²) in [5, 5.41) is 7.02. The van der Waals surface area contributed by atoms with Crippen molar-refractivity contribution in [2.45, 2.75) is 26.3 Å². The maximum absolute atomic E-state index is 11.4. The molecular weight excluding hydrogens is 256 g/mol. The zero-order chi connectivity index (χ0) is 14.3. The third kappa shape index (κ3) is 8.45. The number of amides is 3. The van der Waals surface area contributed by atoms with Gasteiger partial charge in [0.15, 0.2) is 0 Å². The molecule has 0 saturated heterocycles. The normalized spacial score (nSPS) is 10.4. The summed E-state index contributed by atoms with van der Waals surface area (Å²) in [5.74, 6) is -2.17. The fraction of sp³-hybridized carbons (Fsp3) is 0.600. The van der Waals surface area contributed by atoms with Gasteiger partial charge in [0.1, 0.15) is 0 Å². The van der Waals surface area contributed by atoms with E-state index >= 15 is 0 Å². The second-order valence-corrected chi connectivity index (χ2v) is 5.15. The summed E-state index contributed by atoms with van der Waals surface area (Å²) in [5.41, 5.74) is 4.76. The van der Waals surface area contributed by atoms with Crippen LogP contribution >= 0.6 is 12.2 Å². The van der Waals surface area contributed by atoms with Gasteiger partial charge in [-0.2, -0.15) is 0 Å². The monoisotopic (exact) mass is 274 g/mol. The van der Waals surface area contributed by atoms with E-state index in [4.69, 9.17) is 5.73 Å². The Hall–Kier alpha value is -1.70. The molecule has 0 fully saturated rings. The summed E-state index contributed by atoms with van der Waals surface area (Å²) in [6.07, 6.45) is 0. The van der Waals surface area contributed by atoms with E-state index in [1.54, 1.807) is 0 Å². The lowest BCUT2D eigenvalue weighted by Gasteiger charge is -2.20. The molecule has 8 heteroatoms. The molecular formula is C10H18N4O3S. The SMILES string of the molecule is CC(C)(C)NC(=O)CNC(=O)C(=O)NCC(N)=S. The van der Waals surface area contributed by atoms with Crippen molar-refractivity contribution < 1.29 is 14.4 Å². The Morgan fingerprint density at radius 2 is 1.50 bits per heavy atom. The minimum absolute atomic E-state index is 0.0597. The Bertz CT molecular complexity index is 363. The molecule has 0 aliphatic heterocycles. The molecule has 0 heterocycles. The minimum atomic E-state index is -0.907. The van der Waals surface area contributed by atoms with Crippen LogP contribution in [0, 0.1) is 0 Å². The van der Waals surface area contributed by atoms with Gasteiger partial charge in [0.05, 0.1) is 18.1 Å². The average molecular weight is 274 g/mol. The second kappa shape index (κ2) is 6.90. The highest BCUT2D eigenvalue weighted by molar-refractivity contribution is 7.80. The average Bonchev–Trinajstić information content (AvgIpc) is 2.19. The van der Waals surface area contributed by atoms with Crippen LogP contribution in [0.3, 0.4) is 0 Å². The summed E-state index contributed by atoms with van der Waals surface area (Å²) < 4.78 is 0. The lowest BCUT2D eigenvalue weighted by molar-refractivity contribution is -0.139. The molecule has 0 aliphatic carbocycles. The molecule has 0 radical (unpaired) electrons. The number of thiocarbonyl (C=S) groups is 1. The molecule has 0 aromatic heterocycles. The Kier molecular flexibility index (Phi) is 6.24. The number of hydrogen-bond donors (Lipinski definition) is 4. The van der Waals surface area contributed by atoms with E-state index in [-0.39, 0.29) is 24.0 Å². The van der Waals surface area contributed by atoms with Gasteiger partial charge < -0.3 is 21.7 Å². The number of carbonyl (C=O) groups is 3. The van der Waals surface area contributed by atoms with Crippen LogP contribution in [0.4, 0.5) is 0 Å². The molecule has 0 atom stereocenters. The first-order valence-corrected chi connectivity index (χ1v) is 5.68. The molecule has 0 saturated carbocycles. The van der Waals surface area contributed by atoms with E-state index in [9.17, 15) is 14.4 Å². The van der Waals surface area contributed by atoms with Gasteiger partial charge in [-0.25, -0.2) is 0 Å². The van der Waals surface area contributed by atoms with Gasteiger partial charge in [-0.3, -0.25) is 14.4 Å². The predicted molar refractivity (Wildman–Crippen MR) is 70.7 cm³/mol. The summed E-state index contributed by atoms with van der Waals surface area (Å²) >= 11 is 4.53. The zero-order valence-corrected chi connectivity index (χ0v) is 11.4. The van der Waals surface area contributed by atoms with Crippen LogP contribution in [0.25, 0.3) is 0 Å². The zero-order valence-electron chi connectivity index (χ0n) is 10.6. The molecule has 18 heavy (non-hydrogen) atoms. The van der Waals surface area contributed by atoms with Crippen LogP contribution in [0.1, 0.15) is 20.8 Å². The molecule has 3 amide bonds. The third-order valence-corrected chi connectivity index (χ3v) is 1.70. The smallest absolute Gasteiger partial charge is 0.309 e. The molecule has 5 N–H and O–H groups in total. The van der Waals surface area contributed by atoms with Crippen molar-refractivity contribution >= 4 is 34.9 Å². The van der Waals surface area contributed by atoms with Gasteiger partial charge in [0, 0.05) is 5.54 Å². The highest BCUT2D eigenvalue weighted by Gasteiger charge is 2.17. The summed E-state index contributed by atoms with van der Waals surface area (Å²) in [4.78, 5) is 33.8. The largest absolute Gasteiger partial charge is 0.392 e. The first kappa shape index (κ1) is 16.3. The van der Waals surface area contributed by atoms with E-state index in [1.165, 1.54) is 0 Å². The topological polar surface area (TPSA) is 113 Å². The fourth-order valence-electron chi connectivity index (χ4n) is 0.951. The molecule has 0 spiro atoms. The summed E-state index contributed by atoms with van der Waals surface area (Å²) in [6, 6.07) is 0. The van der Waals surface area contributed by atoms with E-state index < -0.39 is 17.4 Å². The molecule has 102 valence electrons. The maximum atomic E-state index is 11.4. The lowest BCUT2D eigenvalue weighted by atomic mass is 10.1. The highest BCUT2D eigenvalue weighted by atomic mass is 32.1. The maximum Gasteiger partial charge on any atom is 0.309 e. The standard InChI is InChI=1S/C10H18N4O3S/c1-10(2,3)14-7(15)5-13-9(17)8(16)12-4-6(11)18/h4-5H2,1-3H3,(H2,11,18)(H,12,16)(H,13,17)(H,14,15). The van der Waals surface area contributed by atoms with Crippen molar-refractivity contribution in [1.29, 1.82) is 0 Å². The van der Waals surface area contributed by atoms with Crippen molar-refractivity contribution in [1.82, 2.24) is 16.0 Å². The minimum Gasteiger partial charge on any atom is -0.392 e. The Labute approximate surface area is 111 Å². The van der Waals surface area contributed by atoms with Crippen molar-refractivity contribution in [3.8, 4) is 0 Å². The highest BCUT2D eigenvalue weighted by Crippen LogP contribution is 1.96. The predicted octanol–water partition coefficient (Wildman–Crippen LogP) is -1.58. The molecule has 0 unspecified atom stereocenters. The number of rotatable bonds is 4. The lowest BCUT2D eigenvalue weighted by Crippen LogP contribution is -2.49. The van der Waals surface area contributed by atoms with E-state index in [2.05, 4.69) is 28.2 Å². The van der Waals surface area contributed by atoms with Crippen LogP contribution in [0.5, 0.6) is 0 Å². The van der Waals surface area contributed by atoms with E-state index in [0.717, 1.165) is 0 Å². The number of hydrogen-bond acceptors (Lipinski definition) is 4. The molecule has 0 rings (SSSR count). The van der Waals surface area contributed by atoms with Crippen molar-refractivity contribution in [2.24, 2.45) is 5.73 Å². The number of nitrogens with one attached hydrogen (secondary N) is 3. The van der Waals surface area contributed by atoms with Crippen molar-refractivity contribution in [3.63, 3.8) is 0 Å². The molecule has 7 nitrogen and oxygen atoms in total. The van der Waals surface area contributed by atoms with Gasteiger partial charge in [0.2, 0.25) is 5.91 Å².